The molecule has 0 aliphatic rings. The molecule has 0 unspecified atom stereocenters. The third kappa shape index (κ3) is 2.79. The van der Waals surface area contributed by atoms with Crippen molar-refractivity contribution in [3.8, 4) is 0 Å². The first-order valence-corrected chi connectivity index (χ1v) is 7.53. The molecule has 1 N–H and O–H groups in total. The molecule has 0 radical (unpaired) electrons. The Balaban J connectivity index is 2.27. The standard InChI is InChI=1S/C13H17FN2O2S/c1-9(2)19(17,18)16(3)8-12-7-10-6-11(14)4-5-13(10)15-12/h4-7,9,15H,8H2,1-3H3. The van der Waals surface area contributed by atoms with E-state index in [1.54, 1.807) is 33.0 Å². The van der Waals surface area contributed by atoms with Gasteiger partial charge in [0.25, 0.3) is 0 Å². The second kappa shape index (κ2) is 4.94. The van der Waals surface area contributed by atoms with E-state index >= 15 is 0 Å². The van der Waals surface area contributed by atoms with E-state index in [0.717, 1.165) is 16.6 Å². The van der Waals surface area contributed by atoms with Gasteiger partial charge in [0.05, 0.1) is 11.8 Å². The Hall–Kier alpha value is -1.40. The van der Waals surface area contributed by atoms with Crippen molar-refractivity contribution >= 4 is 20.9 Å². The molecule has 0 bridgehead atoms. The molecule has 0 fully saturated rings. The number of nitrogens with one attached hydrogen (secondary N) is 1. The maximum atomic E-state index is 13.1. The Morgan fingerprint density at radius 2 is 2.00 bits per heavy atom. The molecule has 1 heterocycles. The minimum absolute atomic E-state index is 0.247. The lowest BCUT2D eigenvalue weighted by Crippen LogP contribution is -2.32. The maximum Gasteiger partial charge on any atom is 0.216 e. The Morgan fingerprint density at radius 1 is 1.32 bits per heavy atom. The van der Waals surface area contributed by atoms with Crippen LogP contribution in [-0.4, -0.2) is 30.0 Å². The molecule has 0 aliphatic carbocycles. The van der Waals surface area contributed by atoms with E-state index in [-0.39, 0.29) is 12.4 Å². The molecule has 19 heavy (non-hydrogen) atoms. The molecule has 1 aromatic heterocycles. The Bertz CT molecular complexity index is 692. The summed E-state index contributed by atoms with van der Waals surface area (Å²) >= 11 is 0. The average Bonchev–Trinajstić information content (AvgIpc) is 2.69. The third-order valence-electron chi connectivity index (χ3n) is 3.06. The molecule has 104 valence electrons. The van der Waals surface area contributed by atoms with E-state index in [0.29, 0.717) is 0 Å². The predicted octanol–water partition coefficient (Wildman–Crippen LogP) is 2.48. The van der Waals surface area contributed by atoms with Gasteiger partial charge in [0.2, 0.25) is 10.0 Å². The van der Waals surface area contributed by atoms with Gasteiger partial charge in [-0.05, 0) is 38.1 Å². The zero-order valence-corrected chi connectivity index (χ0v) is 12.0. The second-order valence-electron chi connectivity index (χ2n) is 4.88. The van der Waals surface area contributed by atoms with E-state index in [9.17, 15) is 12.8 Å². The van der Waals surface area contributed by atoms with Crippen molar-refractivity contribution in [3.05, 3.63) is 35.8 Å². The van der Waals surface area contributed by atoms with Crippen molar-refractivity contribution in [2.24, 2.45) is 0 Å². The lowest BCUT2D eigenvalue weighted by molar-refractivity contribution is 0.456. The van der Waals surface area contributed by atoms with Crippen LogP contribution in [0.3, 0.4) is 0 Å². The number of hydrogen-bond donors (Lipinski definition) is 1. The summed E-state index contributed by atoms with van der Waals surface area (Å²) in [6.45, 7) is 3.54. The minimum Gasteiger partial charge on any atom is -0.357 e. The number of H-pyrrole nitrogens is 1. The molecule has 1 aromatic carbocycles. The molecule has 0 amide bonds. The van der Waals surface area contributed by atoms with Crippen molar-refractivity contribution in [2.75, 3.05) is 7.05 Å². The first kappa shape index (κ1) is 14.0. The van der Waals surface area contributed by atoms with Gasteiger partial charge in [-0.15, -0.1) is 0 Å². The molecule has 2 aromatic rings. The number of nitrogens with zero attached hydrogens (tertiary/aromatic N) is 1. The summed E-state index contributed by atoms with van der Waals surface area (Å²) in [4.78, 5) is 3.09. The summed E-state index contributed by atoms with van der Waals surface area (Å²) in [5.41, 5.74) is 1.54. The molecule has 6 heteroatoms. The number of sulfonamides is 1. The SMILES string of the molecule is CC(C)S(=O)(=O)N(C)Cc1cc2cc(F)ccc2[nH]1. The van der Waals surface area contributed by atoms with Gasteiger partial charge in [0, 0.05) is 23.6 Å². The van der Waals surface area contributed by atoms with Gasteiger partial charge in [0.15, 0.2) is 0 Å². The molecular weight excluding hydrogens is 267 g/mol. The first-order chi connectivity index (χ1) is 8.80. The summed E-state index contributed by atoms with van der Waals surface area (Å²) in [5, 5.41) is 0.282. The number of hydrogen-bond acceptors (Lipinski definition) is 2. The van der Waals surface area contributed by atoms with Crippen LogP contribution in [0.2, 0.25) is 0 Å². The van der Waals surface area contributed by atoms with Crippen molar-refractivity contribution in [1.29, 1.82) is 0 Å². The zero-order valence-electron chi connectivity index (χ0n) is 11.1. The minimum atomic E-state index is -3.28. The molecule has 4 nitrogen and oxygen atoms in total. The smallest absolute Gasteiger partial charge is 0.216 e. The fourth-order valence-corrected chi connectivity index (χ4v) is 2.98. The van der Waals surface area contributed by atoms with E-state index in [2.05, 4.69) is 4.98 Å². The number of rotatable bonds is 4. The van der Waals surface area contributed by atoms with E-state index in [1.807, 2.05) is 0 Å². The quantitative estimate of drug-likeness (QED) is 0.937. The summed E-state index contributed by atoms with van der Waals surface area (Å²) in [6, 6.07) is 6.21. The highest BCUT2D eigenvalue weighted by Gasteiger charge is 2.22. The summed E-state index contributed by atoms with van der Waals surface area (Å²) in [7, 11) is -1.74. The average molecular weight is 284 g/mol. The fraction of sp³-hybridized carbons (Fsp3) is 0.385. The van der Waals surface area contributed by atoms with E-state index in [1.165, 1.54) is 16.4 Å². The van der Waals surface area contributed by atoms with Gasteiger partial charge in [-0.25, -0.2) is 12.8 Å². The lowest BCUT2D eigenvalue weighted by Gasteiger charge is -2.18. The van der Waals surface area contributed by atoms with Crippen molar-refractivity contribution in [3.63, 3.8) is 0 Å². The molecule has 2 rings (SSSR count). The van der Waals surface area contributed by atoms with Gasteiger partial charge >= 0.3 is 0 Å². The van der Waals surface area contributed by atoms with Gasteiger partial charge < -0.3 is 4.98 Å². The van der Waals surface area contributed by atoms with Crippen LogP contribution in [0.15, 0.2) is 24.3 Å². The van der Waals surface area contributed by atoms with Crippen LogP contribution < -0.4 is 0 Å². The van der Waals surface area contributed by atoms with Crippen LogP contribution in [0.4, 0.5) is 4.39 Å². The number of aromatic amines is 1. The lowest BCUT2D eigenvalue weighted by atomic mass is 10.2. The number of fused-ring (bicyclic) bond motifs is 1. The Kier molecular flexibility index (Phi) is 3.64. The van der Waals surface area contributed by atoms with Gasteiger partial charge in [-0.2, -0.15) is 4.31 Å². The fourth-order valence-electron chi connectivity index (χ4n) is 1.94. The summed E-state index contributed by atoms with van der Waals surface area (Å²) in [6.07, 6.45) is 0. The van der Waals surface area contributed by atoms with Crippen LogP contribution in [-0.2, 0) is 16.6 Å². The molecule has 0 spiro atoms. The summed E-state index contributed by atoms with van der Waals surface area (Å²) < 4.78 is 38.3. The molecular formula is C13H17FN2O2S. The van der Waals surface area contributed by atoms with Crippen molar-refractivity contribution < 1.29 is 12.8 Å². The monoisotopic (exact) mass is 284 g/mol. The Morgan fingerprint density at radius 3 is 2.63 bits per heavy atom. The maximum absolute atomic E-state index is 13.1. The van der Waals surface area contributed by atoms with Gasteiger partial charge in [0.1, 0.15) is 5.82 Å². The molecule has 0 saturated heterocycles. The first-order valence-electron chi connectivity index (χ1n) is 6.03. The van der Waals surface area contributed by atoms with Crippen LogP contribution in [0.5, 0.6) is 0 Å². The normalized spacial score (nSPS) is 12.7. The molecule has 0 saturated carbocycles. The molecule has 0 aliphatic heterocycles. The van der Waals surface area contributed by atoms with E-state index in [4.69, 9.17) is 0 Å². The number of aromatic nitrogens is 1. The van der Waals surface area contributed by atoms with Crippen molar-refractivity contribution in [2.45, 2.75) is 25.6 Å². The van der Waals surface area contributed by atoms with Gasteiger partial charge in [-0.1, -0.05) is 0 Å². The van der Waals surface area contributed by atoms with Crippen LogP contribution in [0.1, 0.15) is 19.5 Å². The second-order valence-corrected chi connectivity index (χ2v) is 7.47. The highest BCUT2D eigenvalue weighted by Crippen LogP contribution is 2.19. The van der Waals surface area contributed by atoms with Gasteiger partial charge in [-0.3, -0.25) is 0 Å². The zero-order chi connectivity index (χ0) is 14.2. The molecule has 0 atom stereocenters. The van der Waals surface area contributed by atoms with Crippen molar-refractivity contribution in [1.82, 2.24) is 9.29 Å². The number of benzene rings is 1. The summed E-state index contributed by atoms with van der Waals surface area (Å²) in [5.74, 6) is -0.304. The third-order valence-corrected chi connectivity index (χ3v) is 5.25. The largest absolute Gasteiger partial charge is 0.357 e. The Labute approximate surface area is 112 Å². The van der Waals surface area contributed by atoms with Crippen LogP contribution >= 0.6 is 0 Å². The predicted molar refractivity (Wildman–Crippen MR) is 73.8 cm³/mol. The number of halogens is 1. The van der Waals surface area contributed by atoms with E-state index < -0.39 is 15.3 Å². The topological polar surface area (TPSA) is 53.2 Å². The van der Waals surface area contributed by atoms with Crippen LogP contribution in [0, 0.1) is 5.82 Å². The highest BCUT2D eigenvalue weighted by atomic mass is 32.2. The van der Waals surface area contributed by atoms with Crippen LogP contribution in [0.25, 0.3) is 10.9 Å². The highest BCUT2D eigenvalue weighted by molar-refractivity contribution is 7.89.